The van der Waals surface area contributed by atoms with E-state index >= 15 is 0 Å². The van der Waals surface area contributed by atoms with Crippen LogP contribution in [0.15, 0.2) is 42.5 Å². The van der Waals surface area contributed by atoms with Crippen molar-refractivity contribution in [2.45, 2.75) is 5.33 Å². The molecule has 0 aliphatic rings. The quantitative estimate of drug-likeness (QED) is 0.837. The van der Waals surface area contributed by atoms with Crippen molar-refractivity contribution in [3.05, 3.63) is 59.2 Å². The summed E-state index contributed by atoms with van der Waals surface area (Å²) in [4.78, 5) is 22.9. The summed E-state index contributed by atoms with van der Waals surface area (Å²) >= 11 is 3.18. The Labute approximate surface area is 123 Å². The predicted molar refractivity (Wildman–Crippen MR) is 78.4 cm³/mol. The molecule has 4 nitrogen and oxygen atoms in total. The van der Waals surface area contributed by atoms with Crippen LogP contribution in [-0.2, 0) is 5.33 Å². The monoisotopic (exact) mass is 334 g/mol. The van der Waals surface area contributed by atoms with Crippen LogP contribution in [0.25, 0.3) is 11.1 Å². The minimum Gasteiger partial charge on any atom is -0.478 e. The summed E-state index contributed by atoms with van der Waals surface area (Å²) in [7, 11) is 0. The first-order valence-electron chi connectivity index (χ1n) is 5.80. The van der Waals surface area contributed by atoms with E-state index in [0.29, 0.717) is 16.7 Å². The van der Waals surface area contributed by atoms with E-state index in [2.05, 4.69) is 15.9 Å². The summed E-state index contributed by atoms with van der Waals surface area (Å²) in [6, 6.07) is 12.1. The van der Waals surface area contributed by atoms with Crippen molar-refractivity contribution in [2.24, 2.45) is 0 Å². The summed E-state index contributed by atoms with van der Waals surface area (Å²) in [6.07, 6.45) is 0. The van der Waals surface area contributed by atoms with E-state index in [1.165, 1.54) is 0 Å². The van der Waals surface area contributed by atoms with Gasteiger partial charge in [0.2, 0.25) is 0 Å². The van der Waals surface area contributed by atoms with Crippen molar-refractivity contribution in [1.82, 2.24) is 0 Å². The van der Waals surface area contributed by atoms with Crippen LogP contribution >= 0.6 is 15.9 Å². The molecule has 0 unspecified atom stereocenters. The molecule has 5 heteroatoms. The van der Waals surface area contributed by atoms with Gasteiger partial charge in [-0.15, -0.1) is 0 Å². The number of benzene rings is 2. The SMILES string of the molecule is O=C(O)c1c(CBr)ccc(-c2ccccc2)c1C(=O)O. The zero-order chi connectivity index (χ0) is 14.7. The Morgan fingerprint density at radius 1 is 0.900 bits per heavy atom. The van der Waals surface area contributed by atoms with E-state index in [1.54, 1.807) is 36.4 Å². The van der Waals surface area contributed by atoms with Gasteiger partial charge in [-0.3, -0.25) is 0 Å². The maximum Gasteiger partial charge on any atom is 0.337 e. The molecule has 0 atom stereocenters. The lowest BCUT2D eigenvalue weighted by atomic mass is 9.92. The molecule has 2 N–H and O–H groups in total. The maximum atomic E-state index is 11.5. The highest BCUT2D eigenvalue weighted by atomic mass is 79.9. The average Bonchev–Trinajstić information content (AvgIpc) is 2.46. The number of carboxylic acids is 2. The lowest BCUT2D eigenvalue weighted by Gasteiger charge is -2.12. The number of hydrogen-bond donors (Lipinski definition) is 2. The van der Waals surface area contributed by atoms with Gasteiger partial charge in [-0.25, -0.2) is 9.59 Å². The molecule has 102 valence electrons. The summed E-state index contributed by atoms with van der Waals surface area (Å²) in [5.41, 5.74) is 1.17. The fourth-order valence-electron chi connectivity index (χ4n) is 2.08. The van der Waals surface area contributed by atoms with Crippen LogP contribution in [0.5, 0.6) is 0 Å². The molecule has 2 aromatic carbocycles. The fourth-order valence-corrected chi connectivity index (χ4v) is 2.55. The van der Waals surface area contributed by atoms with Crippen LogP contribution in [0, 0.1) is 0 Å². The number of rotatable bonds is 4. The third-order valence-electron chi connectivity index (χ3n) is 2.95. The molecule has 0 aromatic heterocycles. The Balaban J connectivity index is 2.80. The second kappa shape index (κ2) is 5.88. The van der Waals surface area contributed by atoms with Crippen molar-refractivity contribution < 1.29 is 19.8 Å². The predicted octanol–water partition coefficient (Wildman–Crippen LogP) is 3.64. The molecule has 20 heavy (non-hydrogen) atoms. The molecule has 0 fully saturated rings. The maximum absolute atomic E-state index is 11.5. The second-order valence-corrected chi connectivity index (χ2v) is 4.69. The molecular formula is C15H11BrO4. The smallest absolute Gasteiger partial charge is 0.337 e. The Hall–Kier alpha value is -2.14. The number of carbonyl (C=O) groups is 2. The highest BCUT2D eigenvalue weighted by Gasteiger charge is 2.24. The Morgan fingerprint density at radius 3 is 2.00 bits per heavy atom. The van der Waals surface area contributed by atoms with E-state index in [1.807, 2.05) is 6.07 Å². The molecule has 0 aliphatic heterocycles. The zero-order valence-electron chi connectivity index (χ0n) is 10.3. The number of carboxylic acid groups (broad SMARTS) is 2. The van der Waals surface area contributed by atoms with Crippen molar-refractivity contribution in [3.8, 4) is 11.1 Å². The van der Waals surface area contributed by atoms with Gasteiger partial charge in [0.05, 0.1) is 11.1 Å². The fraction of sp³-hybridized carbons (Fsp3) is 0.0667. The van der Waals surface area contributed by atoms with E-state index in [9.17, 15) is 19.8 Å². The van der Waals surface area contributed by atoms with Gasteiger partial charge in [0, 0.05) is 5.33 Å². The van der Waals surface area contributed by atoms with Crippen molar-refractivity contribution in [2.75, 3.05) is 0 Å². The number of halogens is 1. The first-order chi connectivity index (χ1) is 9.56. The van der Waals surface area contributed by atoms with Crippen LogP contribution in [0.3, 0.4) is 0 Å². The summed E-state index contributed by atoms with van der Waals surface area (Å²) in [5, 5.41) is 19.0. The number of alkyl halides is 1. The van der Waals surface area contributed by atoms with Crippen LogP contribution < -0.4 is 0 Å². The number of hydrogen-bond acceptors (Lipinski definition) is 2. The number of aromatic carboxylic acids is 2. The molecule has 0 saturated carbocycles. The van der Waals surface area contributed by atoms with Crippen molar-refractivity contribution >= 4 is 27.9 Å². The third-order valence-corrected chi connectivity index (χ3v) is 3.55. The Bertz CT molecular complexity index is 665. The summed E-state index contributed by atoms with van der Waals surface area (Å²) in [5.74, 6) is -2.49. The molecular weight excluding hydrogens is 324 g/mol. The first-order valence-corrected chi connectivity index (χ1v) is 6.92. The minimum absolute atomic E-state index is 0.171. The third kappa shape index (κ3) is 2.58. The van der Waals surface area contributed by atoms with E-state index in [4.69, 9.17) is 0 Å². The molecule has 0 radical (unpaired) electrons. The molecule has 0 bridgehead atoms. The van der Waals surface area contributed by atoms with Crippen molar-refractivity contribution in [3.63, 3.8) is 0 Å². The van der Waals surface area contributed by atoms with Crippen LogP contribution in [0.2, 0.25) is 0 Å². The second-order valence-electron chi connectivity index (χ2n) is 4.13. The summed E-state index contributed by atoms with van der Waals surface area (Å²) < 4.78 is 0. The summed E-state index contributed by atoms with van der Waals surface area (Å²) in [6.45, 7) is 0. The Morgan fingerprint density at radius 2 is 1.50 bits per heavy atom. The van der Waals surface area contributed by atoms with Crippen LogP contribution in [0.1, 0.15) is 26.3 Å². The average molecular weight is 335 g/mol. The van der Waals surface area contributed by atoms with Gasteiger partial charge in [0.1, 0.15) is 0 Å². The van der Waals surface area contributed by atoms with Gasteiger partial charge in [-0.05, 0) is 16.7 Å². The van der Waals surface area contributed by atoms with Crippen LogP contribution in [0.4, 0.5) is 0 Å². The molecule has 2 aromatic rings. The normalized spacial score (nSPS) is 10.2. The van der Waals surface area contributed by atoms with Gasteiger partial charge < -0.3 is 10.2 Å². The Kier molecular flexibility index (Phi) is 4.20. The van der Waals surface area contributed by atoms with Gasteiger partial charge in [0.25, 0.3) is 0 Å². The van der Waals surface area contributed by atoms with Crippen molar-refractivity contribution in [1.29, 1.82) is 0 Å². The lowest BCUT2D eigenvalue weighted by Crippen LogP contribution is -2.12. The topological polar surface area (TPSA) is 74.6 Å². The van der Waals surface area contributed by atoms with Crippen LogP contribution in [-0.4, -0.2) is 22.2 Å². The molecule has 0 amide bonds. The molecule has 0 heterocycles. The van der Waals surface area contributed by atoms with Gasteiger partial charge in [0.15, 0.2) is 0 Å². The van der Waals surface area contributed by atoms with E-state index in [-0.39, 0.29) is 16.5 Å². The van der Waals surface area contributed by atoms with Gasteiger partial charge >= 0.3 is 11.9 Å². The standard InChI is InChI=1S/C15H11BrO4/c16-8-10-6-7-11(9-4-2-1-3-5-9)13(15(19)20)12(10)14(17)18/h1-7H,8H2,(H,17,18)(H,19,20). The highest BCUT2D eigenvalue weighted by molar-refractivity contribution is 9.08. The van der Waals surface area contributed by atoms with Gasteiger partial charge in [-0.1, -0.05) is 58.4 Å². The molecule has 0 spiro atoms. The van der Waals surface area contributed by atoms with E-state index < -0.39 is 11.9 Å². The minimum atomic E-state index is -1.25. The highest BCUT2D eigenvalue weighted by Crippen LogP contribution is 2.29. The largest absolute Gasteiger partial charge is 0.478 e. The van der Waals surface area contributed by atoms with Gasteiger partial charge in [-0.2, -0.15) is 0 Å². The first kappa shape index (κ1) is 14.3. The lowest BCUT2D eigenvalue weighted by molar-refractivity contribution is 0.0651. The molecule has 0 saturated heterocycles. The zero-order valence-corrected chi connectivity index (χ0v) is 11.9. The van der Waals surface area contributed by atoms with E-state index in [0.717, 1.165) is 0 Å². The molecule has 2 rings (SSSR count). The molecule has 0 aliphatic carbocycles.